The Kier molecular flexibility index (Phi) is 2.83. The van der Waals surface area contributed by atoms with E-state index in [9.17, 15) is 9.90 Å². The van der Waals surface area contributed by atoms with E-state index in [0.29, 0.717) is 5.75 Å². The second-order valence-corrected chi connectivity index (χ2v) is 6.04. The van der Waals surface area contributed by atoms with Crippen LogP contribution in [0.25, 0.3) is 16.7 Å². The predicted octanol–water partition coefficient (Wildman–Crippen LogP) is 2.14. The fourth-order valence-corrected chi connectivity index (χ4v) is 3.52. The Hall–Kier alpha value is -2.54. The zero-order valence-corrected chi connectivity index (χ0v) is 12.1. The van der Waals surface area contributed by atoms with Crippen LogP contribution in [0.2, 0.25) is 0 Å². The summed E-state index contributed by atoms with van der Waals surface area (Å²) in [7, 11) is 0. The number of aromatic nitrogens is 2. The molecule has 0 radical (unpaired) electrons. The molecule has 0 bridgehead atoms. The zero-order chi connectivity index (χ0) is 15.3. The molecule has 1 aromatic carbocycles. The van der Waals surface area contributed by atoms with Crippen molar-refractivity contribution in [3.8, 4) is 5.75 Å². The fraction of sp³-hybridized carbons (Fsp3) is 0.133. The number of thioether (sulfide) groups is 1. The van der Waals surface area contributed by atoms with E-state index < -0.39 is 12.0 Å². The third-order valence-electron chi connectivity index (χ3n) is 3.57. The summed E-state index contributed by atoms with van der Waals surface area (Å²) in [5, 5.41) is 19.3. The second kappa shape index (κ2) is 4.74. The second-order valence-electron chi connectivity index (χ2n) is 5.03. The zero-order valence-electron chi connectivity index (χ0n) is 11.3. The Morgan fingerprint density at radius 2 is 2.18 bits per heavy atom. The smallest absolute Gasteiger partial charge is 0.329 e. The van der Waals surface area contributed by atoms with Gasteiger partial charge in [-0.05, 0) is 24.3 Å². The lowest BCUT2D eigenvalue weighted by molar-refractivity contribution is -0.137. The maximum atomic E-state index is 11.0. The van der Waals surface area contributed by atoms with Gasteiger partial charge in [0, 0.05) is 23.6 Å². The number of hydrogen-bond acceptors (Lipinski definition) is 5. The summed E-state index contributed by atoms with van der Waals surface area (Å²) < 4.78 is 1.88. The molecule has 0 saturated heterocycles. The average Bonchev–Trinajstić information content (AvgIpc) is 3.10. The third-order valence-corrected chi connectivity index (χ3v) is 4.67. The molecule has 1 aliphatic heterocycles. The number of carbonyl (C=O) groups is 1. The lowest BCUT2D eigenvalue weighted by Gasteiger charge is -2.01. The monoisotopic (exact) mass is 313 g/mol. The summed E-state index contributed by atoms with van der Waals surface area (Å²) in [5.74, 6) is -0.246. The first-order chi connectivity index (χ1) is 10.6. The Morgan fingerprint density at radius 1 is 1.32 bits per heavy atom. The number of pyridine rings is 1. The van der Waals surface area contributed by atoms with Gasteiger partial charge in [-0.3, -0.25) is 9.39 Å². The first-order valence-corrected chi connectivity index (χ1v) is 7.65. The van der Waals surface area contributed by atoms with Crippen molar-refractivity contribution in [2.75, 3.05) is 5.75 Å². The van der Waals surface area contributed by atoms with Crippen molar-refractivity contribution in [2.45, 2.75) is 6.04 Å². The summed E-state index contributed by atoms with van der Waals surface area (Å²) in [5.41, 5.74) is 3.21. The third kappa shape index (κ3) is 2.01. The molecule has 1 aliphatic rings. The van der Waals surface area contributed by atoms with Crippen LogP contribution in [0.1, 0.15) is 5.56 Å². The van der Waals surface area contributed by atoms with E-state index in [0.717, 1.165) is 27.3 Å². The van der Waals surface area contributed by atoms with E-state index in [4.69, 9.17) is 5.11 Å². The van der Waals surface area contributed by atoms with Gasteiger partial charge in [-0.2, -0.15) is 0 Å². The molecule has 6 nitrogen and oxygen atoms in total. The quantitative estimate of drug-likeness (QED) is 0.757. The van der Waals surface area contributed by atoms with Crippen molar-refractivity contribution in [1.82, 2.24) is 9.38 Å². The van der Waals surface area contributed by atoms with Gasteiger partial charge in [0.2, 0.25) is 0 Å². The normalized spacial score (nSPS) is 18.0. The van der Waals surface area contributed by atoms with E-state index in [2.05, 4.69) is 9.98 Å². The SMILES string of the molecule is O=C(O)C1CSC(c2ccn3c(c2)nc2ccc(O)cc23)=N1. The van der Waals surface area contributed by atoms with Gasteiger partial charge in [0.15, 0.2) is 6.04 Å². The number of phenolic OH excluding ortho intramolecular Hbond substituents is 1. The van der Waals surface area contributed by atoms with Crippen LogP contribution in [0.5, 0.6) is 5.75 Å². The molecule has 0 fully saturated rings. The van der Waals surface area contributed by atoms with Crippen LogP contribution in [0.15, 0.2) is 41.5 Å². The number of aliphatic carboxylic acids is 1. The van der Waals surface area contributed by atoms with Gasteiger partial charge in [0.1, 0.15) is 11.4 Å². The maximum Gasteiger partial charge on any atom is 0.329 e. The molecule has 22 heavy (non-hydrogen) atoms. The van der Waals surface area contributed by atoms with Gasteiger partial charge in [0.25, 0.3) is 0 Å². The number of rotatable bonds is 2. The van der Waals surface area contributed by atoms with Crippen molar-refractivity contribution >= 4 is 39.5 Å². The molecule has 3 aromatic rings. The fourth-order valence-electron chi connectivity index (χ4n) is 2.49. The van der Waals surface area contributed by atoms with Crippen LogP contribution in [0, 0.1) is 0 Å². The Bertz CT molecular complexity index is 948. The molecule has 3 heterocycles. The van der Waals surface area contributed by atoms with Crippen LogP contribution in [-0.4, -0.2) is 42.4 Å². The van der Waals surface area contributed by atoms with Crippen LogP contribution in [-0.2, 0) is 4.79 Å². The Labute approximate surface area is 129 Å². The summed E-state index contributed by atoms with van der Waals surface area (Å²) in [6.07, 6.45) is 1.86. The number of carboxylic acid groups (broad SMARTS) is 1. The van der Waals surface area contributed by atoms with Crippen molar-refractivity contribution in [3.63, 3.8) is 0 Å². The first-order valence-electron chi connectivity index (χ1n) is 6.66. The van der Waals surface area contributed by atoms with Gasteiger partial charge < -0.3 is 10.2 Å². The standard InChI is InChI=1S/C15H11N3O3S/c19-9-1-2-10-12(6-9)18-4-3-8(5-13(18)16-10)14-17-11(7-22-14)15(20)21/h1-6,11,19H,7H2,(H,20,21). The average molecular weight is 313 g/mol. The van der Waals surface area contributed by atoms with Gasteiger partial charge in [-0.25, -0.2) is 9.78 Å². The van der Waals surface area contributed by atoms with Gasteiger partial charge in [-0.15, -0.1) is 11.8 Å². The van der Waals surface area contributed by atoms with Crippen LogP contribution in [0.3, 0.4) is 0 Å². The number of nitrogens with zero attached hydrogens (tertiary/aromatic N) is 3. The van der Waals surface area contributed by atoms with E-state index >= 15 is 0 Å². The van der Waals surface area contributed by atoms with E-state index in [1.807, 2.05) is 22.7 Å². The summed E-state index contributed by atoms with van der Waals surface area (Å²) >= 11 is 1.44. The predicted molar refractivity (Wildman–Crippen MR) is 84.8 cm³/mol. The number of fused-ring (bicyclic) bond motifs is 3. The van der Waals surface area contributed by atoms with E-state index in [1.54, 1.807) is 18.2 Å². The molecule has 2 N–H and O–H groups in total. The molecule has 4 rings (SSSR count). The topological polar surface area (TPSA) is 87.2 Å². The van der Waals surface area contributed by atoms with Crippen LogP contribution in [0.4, 0.5) is 0 Å². The number of aliphatic imine (C=N–C) groups is 1. The highest BCUT2D eigenvalue weighted by atomic mass is 32.2. The lowest BCUT2D eigenvalue weighted by atomic mass is 10.2. The highest BCUT2D eigenvalue weighted by Crippen LogP contribution is 2.26. The van der Waals surface area contributed by atoms with E-state index in [1.165, 1.54) is 11.8 Å². The molecule has 110 valence electrons. The maximum absolute atomic E-state index is 11.0. The van der Waals surface area contributed by atoms with Crippen molar-refractivity contribution in [3.05, 3.63) is 42.1 Å². The lowest BCUT2D eigenvalue weighted by Crippen LogP contribution is -2.17. The van der Waals surface area contributed by atoms with Crippen molar-refractivity contribution < 1.29 is 15.0 Å². The minimum Gasteiger partial charge on any atom is -0.508 e. The van der Waals surface area contributed by atoms with Crippen LogP contribution < -0.4 is 0 Å². The summed E-state index contributed by atoms with van der Waals surface area (Å²) in [6.45, 7) is 0. The van der Waals surface area contributed by atoms with E-state index in [-0.39, 0.29) is 5.75 Å². The summed E-state index contributed by atoms with van der Waals surface area (Å²) in [4.78, 5) is 19.7. The number of imidazole rings is 1. The molecule has 0 spiro atoms. The molecule has 2 aromatic heterocycles. The molecular weight excluding hydrogens is 302 g/mol. The molecule has 1 atom stereocenters. The molecule has 0 amide bonds. The van der Waals surface area contributed by atoms with Crippen molar-refractivity contribution in [2.24, 2.45) is 4.99 Å². The minimum absolute atomic E-state index is 0.193. The molecule has 7 heteroatoms. The number of phenols is 1. The molecular formula is C15H11N3O3S. The molecule has 0 aliphatic carbocycles. The van der Waals surface area contributed by atoms with Gasteiger partial charge >= 0.3 is 5.97 Å². The minimum atomic E-state index is -0.898. The highest BCUT2D eigenvalue weighted by molar-refractivity contribution is 8.14. The largest absolute Gasteiger partial charge is 0.508 e. The number of carboxylic acids is 1. The van der Waals surface area contributed by atoms with Crippen molar-refractivity contribution in [1.29, 1.82) is 0 Å². The van der Waals surface area contributed by atoms with Crippen LogP contribution >= 0.6 is 11.8 Å². The molecule has 0 saturated carbocycles. The highest BCUT2D eigenvalue weighted by Gasteiger charge is 2.25. The number of aromatic hydroxyl groups is 1. The molecule has 1 unspecified atom stereocenters. The van der Waals surface area contributed by atoms with Gasteiger partial charge in [0.05, 0.1) is 16.1 Å². The Balaban J connectivity index is 1.83. The first kappa shape index (κ1) is 13.1. The number of hydrogen-bond donors (Lipinski definition) is 2. The Morgan fingerprint density at radius 3 is 2.95 bits per heavy atom. The number of benzene rings is 1. The summed E-state index contributed by atoms with van der Waals surface area (Å²) in [6, 6.07) is 8.12. The van der Waals surface area contributed by atoms with Gasteiger partial charge in [-0.1, -0.05) is 0 Å².